The summed E-state index contributed by atoms with van der Waals surface area (Å²) in [7, 11) is -2.22. The Hall–Kier alpha value is -3.14. The van der Waals surface area contributed by atoms with E-state index in [1.165, 1.54) is 6.21 Å². The van der Waals surface area contributed by atoms with Gasteiger partial charge in [-0.1, -0.05) is 30.3 Å². The van der Waals surface area contributed by atoms with Crippen LogP contribution in [0.15, 0.2) is 70.7 Å². The molecule has 1 aliphatic heterocycles. The Bertz CT molecular complexity index is 1220. The van der Waals surface area contributed by atoms with Gasteiger partial charge in [0.05, 0.1) is 31.4 Å². The Morgan fingerprint density at radius 2 is 1.82 bits per heavy atom. The number of sulfonamides is 1. The highest BCUT2D eigenvalue weighted by Gasteiger charge is 2.14. The molecule has 174 valence electrons. The van der Waals surface area contributed by atoms with E-state index in [4.69, 9.17) is 14.2 Å². The Balaban J connectivity index is 1.37. The van der Waals surface area contributed by atoms with Crippen molar-refractivity contribution in [1.29, 1.82) is 0 Å². The van der Waals surface area contributed by atoms with Gasteiger partial charge in [0.1, 0.15) is 6.61 Å². The number of hydrogen-bond acceptors (Lipinski definition) is 7. The van der Waals surface area contributed by atoms with Gasteiger partial charge in [-0.3, -0.25) is 4.90 Å². The van der Waals surface area contributed by atoms with E-state index in [0.717, 1.165) is 43.6 Å². The zero-order valence-electron chi connectivity index (χ0n) is 18.4. The fourth-order valence-electron chi connectivity index (χ4n) is 3.55. The van der Waals surface area contributed by atoms with E-state index in [1.54, 1.807) is 43.5 Å². The van der Waals surface area contributed by atoms with Crippen molar-refractivity contribution in [2.75, 3.05) is 46.6 Å². The monoisotopic (exact) mass is 469 g/mol. The van der Waals surface area contributed by atoms with Gasteiger partial charge >= 0.3 is 0 Å². The second kappa shape index (κ2) is 10.7. The van der Waals surface area contributed by atoms with Crippen molar-refractivity contribution in [3.05, 3.63) is 66.2 Å². The van der Waals surface area contributed by atoms with Crippen LogP contribution in [0.1, 0.15) is 5.56 Å². The summed E-state index contributed by atoms with van der Waals surface area (Å²) >= 11 is 0. The molecule has 8 nitrogen and oxygen atoms in total. The van der Waals surface area contributed by atoms with Crippen LogP contribution >= 0.6 is 0 Å². The molecule has 0 aromatic heterocycles. The predicted octanol–water partition coefficient (Wildman–Crippen LogP) is 2.87. The summed E-state index contributed by atoms with van der Waals surface area (Å²) in [5.41, 5.74) is 0.675. The van der Waals surface area contributed by atoms with Crippen LogP contribution in [0.25, 0.3) is 10.8 Å². The molecular weight excluding hydrogens is 442 g/mol. The topological polar surface area (TPSA) is 89.5 Å². The summed E-state index contributed by atoms with van der Waals surface area (Å²) in [5.74, 6) is 1.18. The Kier molecular flexibility index (Phi) is 7.43. The maximum atomic E-state index is 12.6. The average molecular weight is 470 g/mol. The van der Waals surface area contributed by atoms with Crippen molar-refractivity contribution in [3.8, 4) is 11.5 Å². The second-order valence-electron chi connectivity index (χ2n) is 7.57. The number of benzene rings is 3. The molecule has 9 heteroatoms. The summed E-state index contributed by atoms with van der Waals surface area (Å²) in [6.45, 7) is 4.67. The number of methoxy groups -OCH3 is 1. The van der Waals surface area contributed by atoms with Crippen LogP contribution in [0, 0.1) is 0 Å². The number of nitrogens with zero attached hydrogens (tertiary/aromatic N) is 2. The molecule has 0 unspecified atom stereocenters. The predicted molar refractivity (Wildman–Crippen MR) is 128 cm³/mol. The molecule has 4 rings (SSSR count). The maximum absolute atomic E-state index is 12.6. The number of rotatable bonds is 9. The van der Waals surface area contributed by atoms with Crippen LogP contribution in [0.5, 0.6) is 11.5 Å². The normalized spacial score (nSPS) is 15.1. The van der Waals surface area contributed by atoms with Crippen LogP contribution < -0.4 is 14.3 Å². The van der Waals surface area contributed by atoms with Gasteiger partial charge in [0.15, 0.2) is 11.5 Å². The highest BCUT2D eigenvalue weighted by molar-refractivity contribution is 7.89. The third kappa shape index (κ3) is 6.01. The van der Waals surface area contributed by atoms with E-state index in [1.807, 2.05) is 24.3 Å². The lowest BCUT2D eigenvalue weighted by molar-refractivity contribution is 0.0321. The highest BCUT2D eigenvalue weighted by atomic mass is 32.2. The van der Waals surface area contributed by atoms with Crippen LogP contribution in [0.2, 0.25) is 0 Å². The number of hydrazone groups is 1. The molecule has 0 bridgehead atoms. The van der Waals surface area contributed by atoms with Crippen molar-refractivity contribution in [2.45, 2.75) is 4.90 Å². The van der Waals surface area contributed by atoms with Gasteiger partial charge < -0.3 is 14.2 Å². The molecule has 0 saturated carbocycles. The number of ether oxygens (including phenoxy) is 3. The van der Waals surface area contributed by atoms with Crippen LogP contribution in [-0.4, -0.2) is 66.1 Å². The van der Waals surface area contributed by atoms with E-state index in [-0.39, 0.29) is 4.90 Å². The van der Waals surface area contributed by atoms with Gasteiger partial charge in [-0.05, 0) is 46.7 Å². The lowest BCUT2D eigenvalue weighted by atomic mass is 10.1. The first-order chi connectivity index (χ1) is 16.0. The standard InChI is InChI=1S/C24H27N3O5S/c1-30-24-16-19(6-9-23(24)32-15-12-27-10-13-31-14-11-27)18-25-26-33(28,29)22-8-7-20-4-2-3-5-21(20)17-22/h2-9,16-18,26H,10-15H2,1H3/b25-18-. The van der Waals surface area contributed by atoms with E-state index < -0.39 is 10.0 Å². The van der Waals surface area contributed by atoms with Crippen molar-refractivity contribution in [1.82, 2.24) is 9.73 Å². The summed E-state index contributed by atoms with van der Waals surface area (Å²) in [6.07, 6.45) is 1.43. The quantitative estimate of drug-likeness (QED) is 0.383. The zero-order valence-corrected chi connectivity index (χ0v) is 19.3. The van der Waals surface area contributed by atoms with E-state index in [9.17, 15) is 8.42 Å². The number of morpholine rings is 1. The molecule has 0 amide bonds. The molecule has 1 N–H and O–H groups in total. The van der Waals surface area contributed by atoms with Gasteiger partial charge in [-0.25, -0.2) is 4.83 Å². The molecule has 1 heterocycles. The van der Waals surface area contributed by atoms with Gasteiger partial charge in [-0.2, -0.15) is 13.5 Å². The molecule has 3 aromatic carbocycles. The SMILES string of the molecule is COc1cc(/C=N\NS(=O)(=O)c2ccc3ccccc3c2)ccc1OCCN1CCOCC1. The maximum Gasteiger partial charge on any atom is 0.276 e. The largest absolute Gasteiger partial charge is 0.493 e. The fraction of sp³-hybridized carbons (Fsp3) is 0.292. The van der Waals surface area contributed by atoms with Gasteiger partial charge in [0, 0.05) is 19.6 Å². The molecule has 0 spiro atoms. The second-order valence-corrected chi connectivity index (χ2v) is 9.24. The van der Waals surface area contributed by atoms with Crippen LogP contribution in [-0.2, 0) is 14.8 Å². The lowest BCUT2D eigenvalue weighted by Crippen LogP contribution is -2.38. The molecule has 3 aromatic rings. The third-order valence-electron chi connectivity index (χ3n) is 5.37. The molecular formula is C24H27N3O5S. The molecule has 1 fully saturated rings. The van der Waals surface area contributed by atoms with E-state index in [2.05, 4.69) is 14.8 Å². The minimum absolute atomic E-state index is 0.153. The number of hydrogen-bond donors (Lipinski definition) is 1. The third-order valence-corrected chi connectivity index (χ3v) is 6.59. The van der Waals surface area contributed by atoms with Crippen molar-refractivity contribution in [3.63, 3.8) is 0 Å². The molecule has 0 atom stereocenters. The van der Waals surface area contributed by atoms with Crippen LogP contribution in [0.3, 0.4) is 0 Å². The first kappa shape index (κ1) is 23.0. The van der Waals surface area contributed by atoms with Crippen molar-refractivity contribution < 1.29 is 22.6 Å². The molecule has 1 saturated heterocycles. The lowest BCUT2D eigenvalue weighted by Gasteiger charge is -2.26. The molecule has 0 radical (unpaired) electrons. The van der Waals surface area contributed by atoms with Crippen molar-refractivity contribution in [2.24, 2.45) is 5.10 Å². The van der Waals surface area contributed by atoms with Gasteiger partial charge in [0.25, 0.3) is 10.0 Å². The minimum Gasteiger partial charge on any atom is -0.493 e. The zero-order chi connectivity index (χ0) is 23.1. The molecule has 1 aliphatic rings. The van der Waals surface area contributed by atoms with E-state index >= 15 is 0 Å². The fourth-order valence-corrected chi connectivity index (χ4v) is 4.38. The summed E-state index contributed by atoms with van der Waals surface area (Å²) < 4.78 is 41.9. The smallest absolute Gasteiger partial charge is 0.276 e. The van der Waals surface area contributed by atoms with Gasteiger partial charge in [-0.15, -0.1) is 0 Å². The average Bonchev–Trinajstić information content (AvgIpc) is 2.85. The van der Waals surface area contributed by atoms with E-state index in [0.29, 0.717) is 23.7 Å². The van der Waals surface area contributed by atoms with Crippen molar-refractivity contribution >= 4 is 27.0 Å². The highest BCUT2D eigenvalue weighted by Crippen LogP contribution is 2.27. The van der Waals surface area contributed by atoms with Gasteiger partial charge in [0.2, 0.25) is 0 Å². The molecule has 33 heavy (non-hydrogen) atoms. The first-order valence-corrected chi connectivity index (χ1v) is 12.2. The van der Waals surface area contributed by atoms with Crippen LogP contribution in [0.4, 0.5) is 0 Å². The Morgan fingerprint density at radius 3 is 2.61 bits per heavy atom. The molecule has 0 aliphatic carbocycles. The number of fused-ring (bicyclic) bond motifs is 1. The summed E-state index contributed by atoms with van der Waals surface area (Å²) in [4.78, 5) is 4.71. The minimum atomic E-state index is -3.79. The summed E-state index contributed by atoms with van der Waals surface area (Å²) in [6, 6.07) is 17.9. The Labute approximate surface area is 193 Å². The first-order valence-electron chi connectivity index (χ1n) is 10.7. The Morgan fingerprint density at radius 1 is 1.03 bits per heavy atom. The summed E-state index contributed by atoms with van der Waals surface area (Å²) in [5, 5.41) is 5.74. The number of nitrogens with one attached hydrogen (secondary N) is 1.